The lowest BCUT2D eigenvalue weighted by Gasteiger charge is -2.50. The first kappa shape index (κ1) is 23.5. The highest BCUT2D eigenvalue weighted by Crippen LogP contribution is 2.54. The number of hydrogen-bond donors (Lipinski definition) is 0. The van der Waals surface area contributed by atoms with Gasteiger partial charge in [-0.25, -0.2) is 9.48 Å². The molecule has 1 aromatic rings. The maximum atomic E-state index is 12.9. The Morgan fingerprint density at radius 2 is 2.00 bits per heavy atom. The molecule has 0 radical (unpaired) electrons. The molecule has 0 aromatic carbocycles. The van der Waals surface area contributed by atoms with Crippen molar-refractivity contribution in [2.24, 2.45) is 12.5 Å². The molecule has 0 aliphatic carbocycles. The van der Waals surface area contributed by atoms with E-state index in [9.17, 15) is 14.4 Å². The summed E-state index contributed by atoms with van der Waals surface area (Å²) in [6.07, 6.45) is 0.468. The van der Waals surface area contributed by atoms with Crippen LogP contribution in [0.5, 0.6) is 0 Å². The minimum absolute atomic E-state index is 0.135. The SMILES string of the molecule is CC[C@@]1(OC)C(=O)N2C(C(=O)OCOC(=O)C(C)(C)C)=C(CSc3nnnn3C)S[C@@H]21. The lowest BCUT2D eigenvalue weighted by molar-refractivity contribution is -0.186. The van der Waals surface area contributed by atoms with Gasteiger partial charge in [-0.3, -0.25) is 14.5 Å². The number of tetrazole rings is 1. The molecule has 2 aliphatic heterocycles. The number of hydrogen-bond acceptors (Lipinski definition) is 11. The van der Waals surface area contributed by atoms with E-state index in [1.807, 2.05) is 6.92 Å². The van der Waals surface area contributed by atoms with Crippen molar-refractivity contribution in [3.63, 3.8) is 0 Å². The van der Waals surface area contributed by atoms with Gasteiger partial charge in [-0.1, -0.05) is 30.4 Å². The fourth-order valence-corrected chi connectivity index (χ4v) is 5.70. The second kappa shape index (κ2) is 8.79. The highest BCUT2D eigenvalue weighted by Gasteiger charge is 2.66. The molecule has 1 fully saturated rings. The van der Waals surface area contributed by atoms with Crippen LogP contribution in [0.4, 0.5) is 0 Å². The number of aromatic nitrogens is 4. The fraction of sp³-hybridized carbons (Fsp3) is 0.667. The molecule has 1 amide bonds. The molecule has 2 aliphatic rings. The Kier molecular flexibility index (Phi) is 6.67. The van der Waals surface area contributed by atoms with Crippen molar-refractivity contribution in [3.05, 3.63) is 10.6 Å². The Balaban J connectivity index is 1.77. The van der Waals surface area contributed by atoms with Crippen molar-refractivity contribution in [1.82, 2.24) is 25.1 Å². The predicted molar refractivity (Wildman–Crippen MR) is 111 cm³/mol. The van der Waals surface area contributed by atoms with Crippen LogP contribution in [0.2, 0.25) is 0 Å². The maximum absolute atomic E-state index is 12.9. The number of carbonyl (C=O) groups excluding carboxylic acids is 3. The van der Waals surface area contributed by atoms with E-state index in [1.54, 1.807) is 27.8 Å². The largest absolute Gasteiger partial charge is 0.427 e. The van der Waals surface area contributed by atoms with Gasteiger partial charge in [-0.05, 0) is 37.6 Å². The van der Waals surface area contributed by atoms with E-state index in [4.69, 9.17) is 14.2 Å². The van der Waals surface area contributed by atoms with Crippen molar-refractivity contribution in [1.29, 1.82) is 0 Å². The minimum Gasteiger partial charge on any atom is -0.427 e. The van der Waals surface area contributed by atoms with Crippen molar-refractivity contribution in [2.45, 2.75) is 50.2 Å². The molecule has 170 valence electrons. The summed E-state index contributed by atoms with van der Waals surface area (Å²) < 4.78 is 17.3. The van der Waals surface area contributed by atoms with Crippen LogP contribution in [0.1, 0.15) is 34.1 Å². The molecule has 0 bridgehead atoms. The molecule has 1 saturated heterocycles. The van der Waals surface area contributed by atoms with Crippen LogP contribution in [0.15, 0.2) is 15.8 Å². The molecule has 0 unspecified atom stereocenters. The Hall–Kier alpha value is -2.12. The first-order valence-electron chi connectivity index (χ1n) is 9.55. The molecule has 31 heavy (non-hydrogen) atoms. The quantitative estimate of drug-likeness (QED) is 0.236. The van der Waals surface area contributed by atoms with Crippen LogP contribution in [-0.4, -0.2) is 73.6 Å². The number of rotatable bonds is 8. The van der Waals surface area contributed by atoms with Gasteiger partial charge in [0.1, 0.15) is 11.1 Å². The molecule has 0 spiro atoms. The number of fused-ring (bicyclic) bond motifs is 1. The van der Waals surface area contributed by atoms with Crippen LogP contribution < -0.4 is 0 Å². The van der Waals surface area contributed by atoms with Crippen molar-refractivity contribution >= 4 is 41.4 Å². The third-order valence-electron chi connectivity index (χ3n) is 4.96. The Labute approximate surface area is 188 Å². The van der Waals surface area contributed by atoms with Crippen LogP contribution in [0, 0.1) is 5.41 Å². The summed E-state index contributed by atoms with van der Waals surface area (Å²) in [5, 5.41) is 11.5. The van der Waals surface area contributed by atoms with Gasteiger partial charge in [0.05, 0.1) is 5.41 Å². The zero-order valence-electron chi connectivity index (χ0n) is 18.2. The van der Waals surface area contributed by atoms with Gasteiger partial charge >= 0.3 is 11.9 Å². The smallest absolute Gasteiger partial charge is 0.358 e. The van der Waals surface area contributed by atoms with E-state index in [2.05, 4.69) is 15.5 Å². The minimum atomic E-state index is -0.992. The molecule has 2 atom stereocenters. The second-order valence-corrected chi connectivity index (χ2v) is 10.1. The topological polar surface area (TPSA) is 126 Å². The van der Waals surface area contributed by atoms with Gasteiger partial charge in [-0.15, -0.1) is 5.10 Å². The number of β-lactam (4-membered cyclic amide) rings is 1. The summed E-state index contributed by atoms with van der Waals surface area (Å²) >= 11 is 2.71. The Morgan fingerprint density at radius 3 is 2.55 bits per heavy atom. The molecule has 3 heterocycles. The summed E-state index contributed by atoms with van der Waals surface area (Å²) in [6.45, 7) is 6.42. The lowest BCUT2D eigenvalue weighted by atomic mass is 9.88. The maximum Gasteiger partial charge on any atom is 0.358 e. The Bertz CT molecular complexity index is 921. The number of thioether (sulfide) groups is 2. The normalized spacial score (nSPS) is 23.0. The number of carbonyl (C=O) groups is 3. The predicted octanol–water partition coefficient (Wildman–Crippen LogP) is 1.31. The molecule has 11 nitrogen and oxygen atoms in total. The standard InChI is InChI=1S/C18H25N5O6S2/c1-7-18(27-6)13(25)23-11(12(24)28-9-29-15(26)17(2,3)4)10(31-14(18)23)8-30-16-19-20-21-22(16)5/h14H,7-9H2,1-6H3/t14-,18-/m1/s1. The van der Waals surface area contributed by atoms with Gasteiger partial charge in [0.25, 0.3) is 5.91 Å². The summed E-state index contributed by atoms with van der Waals surface area (Å²) in [5.74, 6) is -1.18. The zero-order chi connectivity index (χ0) is 23.0. The molecular formula is C18H25N5O6S2. The first-order chi connectivity index (χ1) is 14.6. The highest BCUT2D eigenvalue weighted by atomic mass is 32.2. The van der Waals surface area contributed by atoms with E-state index in [-0.39, 0.29) is 17.0 Å². The molecule has 1 aromatic heterocycles. The van der Waals surface area contributed by atoms with Crippen LogP contribution >= 0.6 is 23.5 Å². The van der Waals surface area contributed by atoms with Crippen molar-refractivity contribution in [2.75, 3.05) is 19.7 Å². The van der Waals surface area contributed by atoms with E-state index < -0.39 is 29.7 Å². The molecule has 13 heteroatoms. The number of esters is 2. The fourth-order valence-electron chi connectivity index (χ4n) is 3.12. The average molecular weight is 472 g/mol. The third kappa shape index (κ3) is 4.17. The van der Waals surface area contributed by atoms with E-state index in [1.165, 1.54) is 40.2 Å². The highest BCUT2D eigenvalue weighted by molar-refractivity contribution is 8.06. The van der Waals surface area contributed by atoms with Gasteiger partial charge in [0.15, 0.2) is 5.60 Å². The van der Waals surface area contributed by atoms with Crippen LogP contribution in [-0.2, 0) is 35.6 Å². The Morgan fingerprint density at radius 1 is 1.29 bits per heavy atom. The van der Waals surface area contributed by atoms with Crippen LogP contribution in [0.3, 0.4) is 0 Å². The van der Waals surface area contributed by atoms with Gasteiger partial charge in [0.2, 0.25) is 11.9 Å². The first-order valence-corrected chi connectivity index (χ1v) is 11.4. The summed E-state index contributed by atoms with van der Waals surface area (Å²) in [4.78, 5) is 39.7. The number of aryl methyl sites for hydroxylation is 1. The van der Waals surface area contributed by atoms with Crippen molar-refractivity contribution in [3.8, 4) is 0 Å². The van der Waals surface area contributed by atoms with E-state index in [0.717, 1.165) is 0 Å². The van der Waals surface area contributed by atoms with Gasteiger partial charge < -0.3 is 14.2 Å². The van der Waals surface area contributed by atoms with E-state index in [0.29, 0.717) is 22.2 Å². The van der Waals surface area contributed by atoms with E-state index >= 15 is 0 Å². The second-order valence-electron chi connectivity index (χ2n) is 7.97. The zero-order valence-corrected chi connectivity index (χ0v) is 19.8. The summed E-state index contributed by atoms with van der Waals surface area (Å²) in [5.41, 5.74) is -1.58. The number of amides is 1. The average Bonchev–Trinajstić information content (AvgIpc) is 3.28. The third-order valence-corrected chi connectivity index (χ3v) is 7.62. The molecule has 3 rings (SSSR count). The number of ether oxygens (including phenoxy) is 3. The summed E-state index contributed by atoms with van der Waals surface area (Å²) in [7, 11) is 3.20. The van der Waals surface area contributed by atoms with Gasteiger partial charge in [-0.2, -0.15) is 0 Å². The van der Waals surface area contributed by atoms with Crippen LogP contribution in [0.25, 0.3) is 0 Å². The van der Waals surface area contributed by atoms with Crippen molar-refractivity contribution < 1.29 is 28.6 Å². The lowest BCUT2D eigenvalue weighted by Crippen LogP contribution is -2.71. The monoisotopic (exact) mass is 471 g/mol. The molecule has 0 N–H and O–H groups in total. The number of methoxy groups -OCH3 is 1. The molecular weight excluding hydrogens is 446 g/mol. The number of nitrogens with zero attached hydrogens (tertiary/aromatic N) is 5. The summed E-state index contributed by atoms with van der Waals surface area (Å²) in [6, 6.07) is 0. The van der Waals surface area contributed by atoms with Gasteiger partial charge in [0, 0.05) is 24.8 Å². The molecule has 0 saturated carbocycles.